The van der Waals surface area contributed by atoms with E-state index < -0.39 is 5.54 Å². The SMILES string of the molecule is COc1ccc(CN2CC(=O)N3CCc4c([nH]c5ccc(OC)cc45)[C@]3(C)C2=O)cc1. The summed E-state index contributed by atoms with van der Waals surface area (Å²) in [5.74, 6) is 1.43. The van der Waals surface area contributed by atoms with E-state index in [9.17, 15) is 9.59 Å². The van der Waals surface area contributed by atoms with Gasteiger partial charge in [-0.1, -0.05) is 12.1 Å². The molecule has 2 aliphatic heterocycles. The summed E-state index contributed by atoms with van der Waals surface area (Å²) in [5, 5.41) is 1.04. The molecule has 0 unspecified atom stereocenters. The lowest BCUT2D eigenvalue weighted by atomic mass is 9.83. The van der Waals surface area contributed by atoms with Gasteiger partial charge in [0.25, 0.3) is 5.91 Å². The number of nitrogens with zero attached hydrogens (tertiary/aromatic N) is 2. The average molecular weight is 419 g/mol. The summed E-state index contributed by atoms with van der Waals surface area (Å²) in [6, 6.07) is 13.4. The molecule has 7 heteroatoms. The summed E-state index contributed by atoms with van der Waals surface area (Å²) in [6.45, 7) is 2.85. The van der Waals surface area contributed by atoms with E-state index in [0.717, 1.165) is 39.2 Å². The second-order valence-electron chi connectivity index (χ2n) is 8.27. The number of piperazine rings is 1. The molecule has 0 radical (unpaired) electrons. The van der Waals surface area contributed by atoms with E-state index >= 15 is 0 Å². The second kappa shape index (κ2) is 7.04. The summed E-state index contributed by atoms with van der Waals surface area (Å²) < 4.78 is 10.6. The molecule has 3 heterocycles. The highest BCUT2D eigenvalue weighted by atomic mass is 16.5. The van der Waals surface area contributed by atoms with Crippen LogP contribution in [-0.2, 0) is 28.1 Å². The summed E-state index contributed by atoms with van der Waals surface area (Å²) in [5.41, 5.74) is 2.74. The average Bonchev–Trinajstić information content (AvgIpc) is 3.17. The standard InChI is InChI=1S/C24H25N3O4/c1-24-22-18(19-12-17(31-3)8-9-20(19)25-22)10-11-27(24)21(28)14-26(23(24)29)13-15-4-6-16(30-2)7-5-15/h4-9,12,25H,10-11,13-14H2,1-3H3/t24-/m1/s1. The molecule has 0 saturated carbocycles. The predicted molar refractivity (Wildman–Crippen MR) is 116 cm³/mol. The first-order chi connectivity index (χ1) is 15.0. The van der Waals surface area contributed by atoms with Crippen molar-refractivity contribution in [2.75, 3.05) is 27.3 Å². The van der Waals surface area contributed by atoms with Gasteiger partial charge in [0.1, 0.15) is 18.0 Å². The fourth-order valence-corrected chi connectivity index (χ4v) is 4.91. The number of carbonyl (C=O) groups is 2. The number of methoxy groups -OCH3 is 2. The van der Waals surface area contributed by atoms with Crippen LogP contribution in [0.1, 0.15) is 23.7 Å². The number of fused-ring (bicyclic) bond motifs is 5. The Balaban J connectivity index is 1.55. The van der Waals surface area contributed by atoms with Crippen molar-refractivity contribution in [3.8, 4) is 11.5 Å². The van der Waals surface area contributed by atoms with Crippen LogP contribution < -0.4 is 9.47 Å². The number of ether oxygens (including phenoxy) is 2. The van der Waals surface area contributed by atoms with Crippen LogP contribution in [0.4, 0.5) is 0 Å². The first kappa shape index (κ1) is 19.5. The smallest absolute Gasteiger partial charge is 0.255 e. The van der Waals surface area contributed by atoms with E-state index in [1.165, 1.54) is 0 Å². The third-order valence-electron chi connectivity index (χ3n) is 6.59. The van der Waals surface area contributed by atoms with Crippen LogP contribution in [0.3, 0.4) is 0 Å². The molecule has 3 aromatic rings. The summed E-state index contributed by atoms with van der Waals surface area (Å²) >= 11 is 0. The van der Waals surface area contributed by atoms with E-state index in [2.05, 4.69) is 4.98 Å². The molecule has 1 atom stereocenters. The molecule has 1 saturated heterocycles. The molecule has 0 bridgehead atoms. The Bertz CT molecular complexity index is 1180. The Labute approximate surface area is 180 Å². The number of aromatic nitrogens is 1. The van der Waals surface area contributed by atoms with Crippen LogP contribution >= 0.6 is 0 Å². The molecule has 31 heavy (non-hydrogen) atoms. The van der Waals surface area contributed by atoms with Gasteiger partial charge in [0.05, 0.1) is 19.9 Å². The van der Waals surface area contributed by atoms with Gasteiger partial charge in [-0.3, -0.25) is 9.59 Å². The minimum Gasteiger partial charge on any atom is -0.497 e. The summed E-state index contributed by atoms with van der Waals surface area (Å²) in [7, 11) is 3.26. The Morgan fingerprint density at radius 1 is 1.03 bits per heavy atom. The van der Waals surface area contributed by atoms with Crippen LogP contribution in [0.2, 0.25) is 0 Å². The lowest BCUT2D eigenvalue weighted by Gasteiger charge is -2.49. The highest BCUT2D eigenvalue weighted by molar-refractivity contribution is 6.00. The molecule has 2 aliphatic rings. The number of hydrogen-bond donors (Lipinski definition) is 1. The quantitative estimate of drug-likeness (QED) is 0.706. The van der Waals surface area contributed by atoms with Crippen molar-refractivity contribution in [3.05, 3.63) is 59.3 Å². The predicted octanol–water partition coefficient (Wildman–Crippen LogP) is 2.83. The van der Waals surface area contributed by atoms with Crippen molar-refractivity contribution < 1.29 is 19.1 Å². The third kappa shape index (κ3) is 2.87. The zero-order valence-corrected chi connectivity index (χ0v) is 17.9. The number of benzene rings is 2. The first-order valence-electron chi connectivity index (χ1n) is 10.4. The molecule has 1 aromatic heterocycles. The van der Waals surface area contributed by atoms with Crippen LogP contribution in [0.15, 0.2) is 42.5 Å². The van der Waals surface area contributed by atoms with Crippen molar-refractivity contribution in [2.24, 2.45) is 0 Å². The largest absolute Gasteiger partial charge is 0.497 e. The lowest BCUT2D eigenvalue weighted by Crippen LogP contribution is -2.66. The molecule has 7 nitrogen and oxygen atoms in total. The molecule has 5 rings (SSSR count). The number of amides is 2. The van der Waals surface area contributed by atoms with Gasteiger partial charge in [0.2, 0.25) is 5.91 Å². The molecular weight excluding hydrogens is 394 g/mol. The second-order valence-corrected chi connectivity index (χ2v) is 8.27. The van der Waals surface area contributed by atoms with Gasteiger partial charge >= 0.3 is 0 Å². The Kier molecular flexibility index (Phi) is 4.43. The van der Waals surface area contributed by atoms with Crippen LogP contribution in [0.5, 0.6) is 11.5 Å². The van der Waals surface area contributed by atoms with Gasteiger partial charge in [-0.2, -0.15) is 0 Å². The minimum atomic E-state index is -1.05. The lowest BCUT2D eigenvalue weighted by molar-refractivity contribution is -0.166. The number of nitrogens with one attached hydrogen (secondary N) is 1. The van der Waals surface area contributed by atoms with Crippen molar-refractivity contribution in [1.82, 2.24) is 14.8 Å². The number of H-pyrrole nitrogens is 1. The number of rotatable bonds is 4. The van der Waals surface area contributed by atoms with E-state index in [-0.39, 0.29) is 18.4 Å². The third-order valence-corrected chi connectivity index (χ3v) is 6.59. The highest BCUT2D eigenvalue weighted by Crippen LogP contribution is 2.42. The van der Waals surface area contributed by atoms with E-state index in [1.807, 2.05) is 49.4 Å². The maximum absolute atomic E-state index is 13.8. The number of carbonyl (C=O) groups excluding carboxylic acids is 2. The molecular formula is C24H25N3O4. The number of aromatic amines is 1. The normalized spacial score (nSPS) is 20.6. The Morgan fingerprint density at radius 3 is 2.45 bits per heavy atom. The first-order valence-corrected chi connectivity index (χ1v) is 10.4. The van der Waals surface area contributed by atoms with Crippen molar-refractivity contribution in [3.63, 3.8) is 0 Å². The van der Waals surface area contributed by atoms with Gasteiger partial charge in [0, 0.05) is 24.0 Å². The van der Waals surface area contributed by atoms with Gasteiger partial charge < -0.3 is 24.3 Å². The van der Waals surface area contributed by atoms with Crippen LogP contribution in [-0.4, -0.2) is 53.9 Å². The van der Waals surface area contributed by atoms with E-state index in [0.29, 0.717) is 19.5 Å². The number of hydrogen-bond acceptors (Lipinski definition) is 4. The van der Waals surface area contributed by atoms with Crippen molar-refractivity contribution in [1.29, 1.82) is 0 Å². The Morgan fingerprint density at radius 2 is 1.74 bits per heavy atom. The molecule has 1 fully saturated rings. The highest BCUT2D eigenvalue weighted by Gasteiger charge is 2.54. The monoisotopic (exact) mass is 419 g/mol. The summed E-state index contributed by atoms with van der Waals surface area (Å²) in [6.07, 6.45) is 0.704. The molecule has 2 amide bonds. The van der Waals surface area contributed by atoms with E-state index in [4.69, 9.17) is 9.47 Å². The van der Waals surface area contributed by atoms with Gasteiger partial charge in [0.15, 0.2) is 5.54 Å². The Hall–Kier alpha value is -3.48. The van der Waals surface area contributed by atoms with Crippen LogP contribution in [0, 0.1) is 0 Å². The van der Waals surface area contributed by atoms with Crippen LogP contribution in [0.25, 0.3) is 10.9 Å². The zero-order valence-electron chi connectivity index (χ0n) is 17.9. The minimum absolute atomic E-state index is 0.0301. The fourth-order valence-electron chi connectivity index (χ4n) is 4.91. The topological polar surface area (TPSA) is 74.9 Å². The fraction of sp³-hybridized carbons (Fsp3) is 0.333. The molecule has 0 aliphatic carbocycles. The molecule has 1 N–H and O–H groups in total. The molecule has 0 spiro atoms. The van der Waals surface area contributed by atoms with Crippen molar-refractivity contribution >= 4 is 22.7 Å². The van der Waals surface area contributed by atoms with Crippen molar-refractivity contribution in [2.45, 2.75) is 25.4 Å². The molecule has 160 valence electrons. The summed E-state index contributed by atoms with van der Waals surface area (Å²) in [4.78, 5) is 33.7. The van der Waals surface area contributed by atoms with Gasteiger partial charge in [-0.05, 0) is 54.8 Å². The maximum Gasteiger partial charge on any atom is 0.255 e. The maximum atomic E-state index is 13.8. The van der Waals surface area contributed by atoms with E-state index in [1.54, 1.807) is 24.0 Å². The van der Waals surface area contributed by atoms with Gasteiger partial charge in [-0.15, -0.1) is 0 Å². The molecule has 2 aromatic carbocycles. The zero-order chi connectivity index (χ0) is 21.8. The van der Waals surface area contributed by atoms with Gasteiger partial charge in [-0.25, -0.2) is 0 Å².